The summed E-state index contributed by atoms with van der Waals surface area (Å²) in [6.07, 6.45) is 7.25. The second-order valence-corrected chi connectivity index (χ2v) is 25.8. The number of rotatable bonds is 36. The van der Waals surface area contributed by atoms with Crippen LogP contribution in [-0.2, 0) is 76.3 Å². The SMILES string of the molecule is CC(=O)NCCN.COC(=O)c1cccc(C(=O)OC)c1C.COc1nc(Cl)ccc1C=O.COc1nc(OCc2cccc(COc3ccc(C=O)c(OC)n3)c2C)ccc1C=O.COc1nc(OCc2cccc(COc3ccc(CCCCNC(C)=O)c(OC)n3)c2C)ccc1CCCCNC(C)=O.Cc1c(CO)cccc1CO. The van der Waals surface area contributed by atoms with Crippen LogP contribution in [0, 0.1) is 27.7 Å². The Bertz CT molecular complexity index is 4490. The van der Waals surface area contributed by atoms with Gasteiger partial charge in [-0.3, -0.25) is 28.8 Å². The first-order valence-electron chi connectivity index (χ1n) is 37.2. The second-order valence-electron chi connectivity index (χ2n) is 25.4. The summed E-state index contributed by atoms with van der Waals surface area (Å²) in [5.41, 5.74) is 18.3. The molecule has 31 heteroatoms. The lowest BCUT2D eigenvalue weighted by molar-refractivity contribution is -0.119. The molecule has 0 aliphatic rings. The number of esters is 2. The lowest BCUT2D eigenvalue weighted by Gasteiger charge is -2.15. The number of benzene rings is 4. The second kappa shape index (κ2) is 54.2. The molecule has 0 radical (unpaired) electrons. The summed E-state index contributed by atoms with van der Waals surface area (Å²) in [5.74, 6) is 2.52. The number of nitrogens with zero attached hydrogens (tertiary/aromatic N) is 5. The number of aliphatic hydroxyl groups excluding tert-OH is 2. The molecular formula is C87H106ClN9O21. The number of carbonyl (C=O) groups is 8. The Morgan fingerprint density at radius 3 is 0.975 bits per heavy atom. The first-order chi connectivity index (χ1) is 56.8. The third-order valence-corrected chi connectivity index (χ3v) is 17.6. The number of methoxy groups -OCH3 is 7. The fourth-order valence-corrected chi connectivity index (χ4v) is 10.9. The maximum Gasteiger partial charge on any atom is 0.338 e. The van der Waals surface area contributed by atoms with Crippen molar-refractivity contribution in [2.45, 2.75) is 127 Å². The number of aliphatic hydroxyl groups is 2. The number of amides is 3. The number of carbonyl (C=O) groups excluding carboxylic acids is 8. The zero-order valence-electron chi connectivity index (χ0n) is 69.1. The Labute approximate surface area is 692 Å². The van der Waals surface area contributed by atoms with Gasteiger partial charge >= 0.3 is 11.9 Å². The highest BCUT2D eigenvalue weighted by atomic mass is 35.5. The largest absolute Gasteiger partial charge is 0.481 e. The molecule has 0 saturated heterocycles. The Kier molecular flexibility index (Phi) is 44.9. The van der Waals surface area contributed by atoms with E-state index in [9.17, 15) is 38.4 Å². The van der Waals surface area contributed by atoms with Crippen LogP contribution in [0.3, 0.4) is 0 Å². The number of hydrogen-bond acceptors (Lipinski definition) is 27. The lowest BCUT2D eigenvalue weighted by Crippen LogP contribution is -2.26. The number of aromatic nitrogens is 5. The molecule has 9 rings (SSSR count). The van der Waals surface area contributed by atoms with Crippen LogP contribution in [0.1, 0.15) is 165 Å². The number of unbranched alkanes of at least 4 members (excludes halogenated alkanes) is 2. The molecule has 118 heavy (non-hydrogen) atoms. The molecule has 4 aromatic carbocycles. The molecule has 0 saturated carbocycles. The molecule has 0 aliphatic carbocycles. The van der Waals surface area contributed by atoms with E-state index in [-0.39, 0.29) is 61.8 Å². The lowest BCUT2D eigenvalue weighted by atomic mass is 10.0. The summed E-state index contributed by atoms with van der Waals surface area (Å²) < 4.78 is 58.8. The summed E-state index contributed by atoms with van der Waals surface area (Å²) in [4.78, 5) is 108. The molecule has 0 spiro atoms. The molecule has 0 fully saturated rings. The molecule has 632 valence electrons. The van der Waals surface area contributed by atoms with Crippen LogP contribution in [0.5, 0.6) is 52.9 Å². The molecule has 30 nitrogen and oxygen atoms in total. The normalized spacial score (nSPS) is 10.1. The first-order valence-corrected chi connectivity index (χ1v) is 37.6. The van der Waals surface area contributed by atoms with Crippen molar-refractivity contribution in [1.82, 2.24) is 40.9 Å². The highest BCUT2D eigenvalue weighted by Crippen LogP contribution is 2.28. The van der Waals surface area contributed by atoms with E-state index in [0.717, 1.165) is 99.7 Å². The number of aldehydes is 3. The van der Waals surface area contributed by atoms with Gasteiger partial charge < -0.3 is 84.0 Å². The van der Waals surface area contributed by atoms with E-state index >= 15 is 0 Å². The smallest absolute Gasteiger partial charge is 0.338 e. The Balaban J connectivity index is 0.000000335. The maximum absolute atomic E-state index is 11.3. The van der Waals surface area contributed by atoms with Gasteiger partial charge in [0.2, 0.25) is 70.6 Å². The van der Waals surface area contributed by atoms with Crippen molar-refractivity contribution >= 4 is 60.1 Å². The quantitative estimate of drug-likeness (QED) is 0.00919. The van der Waals surface area contributed by atoms with E-state index in [1.165, 1.54) is 62.4 Å². The van der Waals surface area contributed by atoms with E-state index in [1.807, 2.05) is 99.6 Å². The number of hydrogen-bond donors (Lipinski definition) is 6. The molecule has 7 N–H and O–H groups in total. The van der Waals surface area contributed by atoms with Gasteiger partial charge in [0, 0.05) is 82.3 Å². The summed E-state index contributed by atoms with van der Waals surface area (Å²) in [7, 11) is 10.1. The van der Waals surface area contributed by atoms with Crippen LogP contribution in [0.2, 0.25) is 5.15 Å². The van der Waals surface area contributed by atoms with Crippen molar-refractivity contribution in [3.05, 3.63) is 233 Å². The van der Waals surface area contributed by atoms with Crippen LogP contribution in [0.15, 0.2) is 133 Å². The Morgan fingerprint density at radius 2 is 0.669 bits per heavy atom. The molecule has 0 unspecified atom stereocenters. The van der Waals surface area contributed by atoms with Gasteiger partial charge in [0.05, 0.1) is 90.8 Å². The van der Waals surface area contributed by atoms with E-state index in [2.05, 4.69) is 50.3 Å². The minimum absolute atomic E-state index is 0.0130. The molecule has 0 bridgehead atoms. The standard InChI is InChI=1S/C33H44N4O6.C23H22N2O6.C11H12O4.C9H12O2.C7H6ClNO2.C4H10N2O/c1-23-28(21-42-30-17-15-26(32(36-30)40-4)11-6-8-19-34-24(2)38)13-10-14-29(23)22-43-31-18-16-27(33(37-31)41-5)12-7-9-20-35-25(3)39;1-15-18(13-30-20-9-7-16(11-26)22(24-20)28-2)5-4-6-19(15)14-31-21-10-8-17(12-27)23(25-21)29-3;1-7-8(10(12)14-2)5-4-6-9(7)11(13)15-3;1-7-8(5-10)3-2-4-9(7)6-11;1-11-7-5(4-10)2-3-6(8)9-7;1-4(7)6-3-2-5/h10,13-18H,6-9,11-12,19-22H2,1-5H3,(H,34,38)(H,35,39);4-12H,13-14H2,1-3H3;4-6H,1-3H3;2-4,10-11H,5-6H2,1H3;2-4H,1H3;2-3,5H2,1H3,(H,6,7). The van der Waals surface area contributed by atoms with E-state index in [0.29, 0.717) is 132 Å². The third-order valence-electron chi connectivity index (χ3n) is 17.4. The highest BCUT2D eigenvalue weighted by Gasteiger charge is 2.18. The molecule has 0 aliphatic heterocycles. The van der Waals surface area contributed by atoms with Crippen LogP contribution >= 0.6 is 11.6 Å². The number of halogens is 1. The number of nitrogens with one attached hydrogen (secondary N) is 3. The molecule has 9 aromatic rings. The van der Waals surface area contributed by atoms with Gasteiger partial charge in [0.25, 0.3) is 0 Å². The van der Waals surface area contributed by atoms with Crippen molar-refractivity contribution in [1.29, 1.82) is 0 Å². The van der Waals surface area contributed by atoms with E-state index in [1.54, 1.807) is 69.7 Å². The van der Waals surface area contributed by atoms with Gasteiger partial charge in [-0.05, 0) is 170 Å². The predicted molar refractivity (Wildman–Crippen MR) is 443 cm³/mol. The van der Waals surface area contributed by atoms with Gasteiger partial charge in [0.1, 0.15) is 31.6 Å². The van der Waals surface area contributed by atoms with Crippen LogP contribution in [-0.4, -0.2) is 160 Å². The van der Waals surface area contributed by atoms with E-state index < -0.39 is 11.9 Å². The summed E-state index contributed by atoms with van der Waals surface area (Å²) in [5, 5.41) is 26.2. The summed E-state index contributed by atoms with van der Waals surface area (Å²) in [6.45, 7) is 15.9. The van der Waals surface area contributed by atoms with Crippen molar-refractivity contribution < 1.29 is 101 Å². The topological polar surface area (TPSA) is 405 Å². The number of nitrogens with two attached hydrogens (primary N) is 1. The van der Waals surface area contributed by atoms with Crippen LogP contribution in [0.4, 0.5) is 0 Å². The number of ether oxygens (including phenoxy) is 11. The molecule has 3 amide bonds. The van der Waals surface area contributed by atoms with Gasteiger partial charge in [0.15, 0.2) is 18.9 Å². The zero-order chi connectivity index (χ0) is 86.9. The fourth-order valence-electron chi connectivity index (χ4n) is 10.8. The summed E-state index contributed by atoms with van der Waals surface area (Å²) >= 11 is 5.55. The van der Waals surface area contributed by atoms with Gasteiger partial charge in [-0.15, -0.1) is 0 Å². The molecule has 0 atom stereocenters. The van der Waals surface area contributed by atoms with Gasteiger partial charge in [-0.25, -0.2) is 14.6 Å². The minimum atomic E-state index is -0.460. The third kappa shape index (κ3) is 33.3. The highest BCUT2D eigenvalue weighted by molar-refractivity contribution is 6.29. The number of aryl methyl sites for hydroxylation is 2. The van der Waals surface area contributed by atoms with Crippen molar-refractivity contribution in [3.63, 3.8) is 0 Å². The molecule has 5 heterocycles. The van der Waals surface area contributed by atoms with Gasteiger partial charge in [-0.2, -0.15) is 19.9 Å². The molecule has 5 aromatic heterocycles. The van der Waals surface area contributed by atoms with Crippen LogP contribution < -0.4 is 64.3 Å². The van der Waals surface area contributed by atoms with Crippen molar-refractivity contribution in [2.24, 2.45) is 5.73 Å². The van der Waals surface area contributed by atoms with Crippen molar-refractivity contribution in [3.8, 4) is 52.9 Å². The zero-order valence-corrected chi connectivity index (χ0v) is 69.8. The fraction of sp³-hybridized carbons (Fsp3) is 0.345. The number of pyridine rings is 5. The summed E-state index contributed by atoms with van der Waals surface area (Å²) in [6, 6.07) is 39.5. The maximum atomic E-state index is 11.3. The predicted octanol–water partition coefficient (Wildman–Crippen LogP) is 11.6. The monoisotopic (exact) mass is 1650 g/mol. The van der Waals surface area contributed by atoms with Gasteiger partial charge in [-0.1, -0.05) is 72.3 Å². The minimum Gasteiger partial charge on any atom is -0.481 e. The van der Waals surface area contributed by atoms with Crippen molar-refractivity contribution in [2.75, 3.05) is 75.9 Å². The Morgan fingerprint density at radius 1 is 0.373 bits per heavy atom. The van der Waals surface area contributed by atoms with E-state index in [4.69, 9.17) is 70.2 Å². The van der Waals surface area contributed by atoms with Crippen LogP contribution in [0.25, 0.3) is 0 Å². The average molecular weight is 1650 g/mol. The average Bonchev–Trinajstić information content (AvgIpc) is 0.831. The molecular weight excluding hydrogens is 1540 g/mol. The Hall–Kier alpha value is -12.6. The first kappa shape index (κ1) is 97.7.